The number of hydrogen-bond donors (Lipinski definition) is 0. The van der Waals surface area contributed by atoms with E-state index in [4.69, 9.17) is 0 Å². The fourth-order valence-electron chi connectivity index (χ4n) is 5.36. The van der Waals surface area contributed by atoms with E-state index in [9.17, 15) is 31.2 Å². The second-order valence-corrected chi connectivity index (χ2v) is 12.3. The maximum absolute atomic E-state index is 13.6. The number of nitrogens with zero attached hydrogens (tertiary/aromatic N) is 2. The van der Waals surface area contributed by atoms with E-state index in [0.717, 1.165) is 11.0 Å². The lowest BCUT2D eigenvalue weighted by Crippen LogP contribution is -2.31. The second-order valence-electron chi connectivity index (χ2n) is 10.1. The molecular formula is C33H23F3N2O4S. The number of alkyl halides is 3. The molecule has 4 aromatic carbocycles. The molecule has 0 aliphatic carbocycles. The molecule has 0 bridgehead atoms. The molecule has 6 nitrogen and oxygen atoms in total. The molecule has 43 heavy (non-hydrogen) atoms. The van der Waals surface area contributed by atoms with Crippen molar-refractivity contribution in [1.82, 2.24) is 9.88 Å². The smallest absolute Gasteiger partial charge is 0.274 e. The molecule has 0 spiro atoms. The number of fused-ring (bicyclic) bond motifs is 2. The Hall–Kier alpha value is -4.83. The van der Waals surface area contributed by atoms with Crippen molar-refractivity contribution in [3.05, 3.63) is 120 Å². The Morgan fingerprint density at radius 1 is 0.698 bits per heavy atom. The maximum Gasteiger partial charge on any atom is 0.418 e. The zero-order valence-electron chi connectivity index (χ0n) is 22.5. The molecule has 6 rings (SSSR count). The zero-order valence-corrected chi connectivity index (χ0v) is 23.3. The van der Waals surface area contributed by atoms with E-state index < -0.39 is 33.4 Å². The standard InChI is InChI=1S/C33H23F3N2O4S/c34-33(35,36)29-14-5-13-26-25(15-16-37-30(26)29)23-9-3-7-21(19-23)22-8-4-10-24(20-22)43(41,42)18-6-17-38-31(39)27-11-1-2-12-28(27)32(38)40/h1-5,7-16,19-20H,6,17-18H2. The Labute approximate surface area is 245 Å². The summed E-state index contributed by atoms with van der Waals surface area (Å²) in [4.78, 5) is 30.4. The highest BCUT2D eigenvalue weighted by Gasteiger charge is 2.35. The Balaban J connectivity index is 1.23. The van der Waals surface area contributed by atoms with Crippen LogP contribution >= 0.6 is 0 Å². The van der Waals surface area contributed by atoms with Crippen molar-refractivity contribution in [2.75, 3.05) is 12.3 Å². The molecule has 1 aliphatic rings. The number of pyridine rings is 1. The molecule has 216 valence electrons. The Morgan fingerprint density at radius 2 is 1.33 bits per heavy atom. The van der Waals surface area contributed by atoms with E-state index in [1.807, 2.05) is 0 Å². The van der Waals surface area contributed by atoms with Crippen molar-refractivity contribution in [3.8, 4) is 22.3 Å². The molecule has 1 aromatic heterocycles. The van der Waals surface area contributed by atoms with Gasteiger partial charge in [0.2, 0.25) is 0 Å². The topological polar surface area (TPSA) is 84.4 Å². The summed E-state index contributed by atoms with van der Waals surface area (Å²) in [6.07, 6.45) is -3.14. The third-order valence-electron chi connectivity index (χ3n) is 7.45. The van der Waals surface area contributed by atoms with Crippen LogP contribution in [0, 0.1) is 0 Å². The number of carbonyl (C=O) groups excluding carboxylic acids is 2. The summed E-state index contributed by atoms with van der Waals surface area (Å²) in [6, 6.07) is 25.6. The monoisotopic (exact) mass is 600 g/mol. The molecule has 0 saturated carbocycles. The van der Waals surface area contributed by atoms with Crippen LogP contribution in [-0.2, 0) is 16.0 Å². The van der Waals surface area contributed by atoms with Crippen LogP contribution in [0.4, 0.5) is 13.2 Å². The van der Waals surface area contributed by atoms with Gasteiger partial charge in [-0.2, -0.15) is 13.2 Å². The highest BCUT2D eigenvalue weighted by atomic mass is 32.2. The second kappa shape index (κ2) is 10.8. The Bertz CT molecular complexity index is 1990. The van der Waals surface area contributed by atoms with Gasteiger partial charge in [-0.25, -0.2) is 8.42 Å². The minimum absolute atomic E-state index is 0.0245. The minimum atomic E-state index is -4.55. The summed E-state index contributed by atoms with van der Waals surface area (Å²) >= 11 is 0. The van der Waals surface area contributed by atoms with Gasteiger partial charge in [-0.05, 0) is 71.1 Å². The van der Waals surface area contributed by atoms with Gasteiger partial charge in [0.25, 0.3) is 11.8 Å². The highest BCUT2D eigenvalue weighted by Crippen LogP contribution is 2.38. The van der Waals surface area contributed by atoms with Gasteiger partial charge in [0, 0.05) is 18.1 Å². The first-order chi connectivity index (χ1) is 20.5. The summed E-state index contributed by atoms with van der Waals surface area (Å²) in [6.45, 7) is -0.0245. The van der Waals surface area contributed by atoms with Crippen LogP contribution in [0.1, 0.15) is 32.7 Å². The van der Waals surface area contributed by atoms with Crippen molar-refractivity contribution in [2.45, 2.75) is 17.5 Å². The molecule has 0 unspecified atom stereocenters. The molecule has 2 heterocycles. The lowest BCUT2D eigenvalue weighted by atomic mass is 9.96. The van der Waals surface area contributed by atoms with Crippen molar-refractivity contribution >= 4 is 32.6 Å². The lowest BCUT2D eigenvalue weighted by Gasteiger charge is -2.14. The third kappa shape index (κ3) is 5.30. The molecule has 0 radical (unpaired) electrons. The van der Waals surface area contributed by atoms with Crippen molar-refractivity contribution in [3.63, 3.8) is 0 Å². The van der Waals surface area contributed by atoms with E-state index in [0.29, 0.717) is 38.8 Å². The van der Waals surface area contributed by atoms with E-state index in [2.05, 4.69) is 4.98 Å². The first-order valence-corrected chi connectivity index (χ1v) is 15.0. The van der Waals surface area contributed by atoms with E-state index in [1.54, 1.807) is 78.9 Å². The SMILES string of the molecule is O=C1c2ccccc2C(=O)N1CCCS(=O)(=O)c1cccc(-c2cccc(-c3ccnc4c(C(F)(F)F)cccc34)c2)c1. The molecule has 1 aliphatic heterocycles. The first kappa shape index (κ1) is 28.3. The minimum Gasteiger partial charge on any atom is -0.274 e. The van der Waals surface area contributed by atoms with E-state index >= 15 is 0 Å². The normalized spacial score (nSPS) is 13.5. The van der Waals surface area contributed by atoms with Crippen molar-refractivity contribution in [1.29, 1.82) is 0 Å². The number of hydrogen-bond acceptors (Lipinski definition) is 5. The van der Waals surface area contributed by atoms with Crippen LogP contribution < -0.4 is 0 Å². The first-order valence-electron chi connectivity index (χ1n) is 13.4. The molecule has 0 fully saturated rings. The Morgan fingerprint density at radius 3 is 2.02 bits per heavy atom. The van der Waals surface area contributed by atoms with Gasteiger partial charge in [-0.15, -0.1) is 0 Å². The molecule has 5 aromatic rings. The van der Waals surface area contributed by atoms with Gasteiger partial charge >= 0.3 is 6.18 Å². The number of rotatable bonds is 7. The summed E-state index contributed by atoms with van der Waals surface area (Å²) in [5.41, 5.74) is 2.16. The van der Waals surface area contributed by atoms with Gasteiger partial charge in [0.15, 0.2) is 9.84 Å². The Kier molecular flexibility index (Phi) is 7.09. The summed E-state index contributed by atoms with van der Waals surface area (Å²) in [5, 5.41) is 0.351. The lowest BCUT2D eigenvalue weighted by molar-refractivity contribution is -0.136. The molecule has 10 heteroatoms. The summed E-state index contributed by atoms with van der Waals surface area (Å²) in [5.74, 6) is -1.14. The van der Waals surface area contributed by atoms with Gasteiger partial charge in [-0.3, -0.25) is 19.5 Å². The highest BCUT2D eigenvalue weighted by molar-refractivity contribution is 7.91. The van der Waals surface area contributed by atoms with Gasteiger partial charge in [0.1, 0.15) is 0 Å². The van der Waals surface area contributed by atoms with Gasteiger partial charge in [-0.1, -0.05) is 54.6 Å². The number of imide groups is 1. The molecule has 0 N–H and O–H groups in total. The maximum atomic E-state index is 13.6. The zero-order chi connectivity index (χ0) is 30.4. The summed E-state index contributed by atoms with van der Waals surface area (Å²) < 4.78 is 67.3. The predicted molar refractivity (Wildman–Crippen MR) is 156 cm³/mol. The fourth-order valence-corrected chi connectivity index (χ4v) is 6.70. The number of benzene rings is 4. The number of amides is 2. The van der Waals surface area contributed by atoms with Crippen LogP contribution in [0.2, 0.25) is 0 Å². The van der Waals surface area contributed by atoms with Crippen LogP contribution in [0.25, 0.3) is 33.2 Å². The van der Waals surface area contributed by atoms with Crippen LogP contribution in [0.3, 0.4) is 0 Å². The van der Waals surface area contributed by atoms with Crippen LogP contribution in [-0.4, -0.2) is 42.4 Å². The fraction of sp³-hybridized carbons (Fsp3) is 0.121. The largest absolute Gasteiger partial charge is 0.418 e. The molecule has 0 atom stereocenters. The van der Waals surface area contributed by atoms with Crippen LogP contribution in [0.5, 0.6) is 0 Å². The third-order valence-corrected chi connectivity index (χ3v) is 9.25. The molecular weight excluding hydrogens is 577 g/mol. The van der Waals surface area contributed by atoms with Crippen molar-refractivity contribution in [2.24, 2.45) is 0 Å². The average molecular weight is 601 g/mol. The average Bonchev–Trinajstić information content (AvgIpc) is 3.25. The van der Waals surface area contributed by atoms with E-state index in [1.165, 1.54) is 18.3 Å². The van der Waals surface area contributed by atoms with E-state index in [-0.39, 0.29) is 29.1 Å². The van der Waals surface area contributed by atoms with Crippen molar-refractivity contribution < 1.29 is 31.2 Å². The molecule has 2 amide bonds. The predicted octanol–water partition coefficient (Wildman–Crippen LogP) is 7.05. The summed E-state index contributed by atoms with van der Waals surface area (Å²) in [7, 11) is -3.76. The number of halogens is 3. The number of para-hydroxylation sites is 1. The quantitative estimate of drug-likeness (QED) is 0.187. The van der Waals surface area contributed by atoms with Gasteiger partial charge < -0.3 is 0 Å². The number of sulfone groups is 1. The molecule has 0 saturated heterocycles. The number of carbonyl (C=O) groups is 2. The van der Waals surface area contributed by atoms with Crippen LogP contribution in [0.15, 0.2) is 108 Å². The van der Waals surface area contributed by atoms with Gasteiger partial charge in [0.05, 0.1) is 32.9 Å². The number of aromatic nitrogens is 1.